The van der Waals surface area contributed by atoms with Crippen LogP contribution in [0.1, 0.15) is 38.7 Å². The van der Waals surface area contributed by atoms with Gasteiger partial charge in [-0.2, -0.15) is 0 Å². The van der Waals surface area contributed by atoms with Crippen LogP contribution in [0.2, 0.25) is 0 Å². The fraction of sp³-hybridized carbons (Fsp3) is 0.556. The van der Waals surface area contributed by atoms with Crippen molar-refractivity contribution in [2.75, 3.05) is 6.61 Å². The van der Waals surface area contributed by atoms with Crippen LogP contribution in [0.5, 0.6) is 0 Å². The number of ketones is 1. The summed E-state index contributed by atoms with van der Waals surface area (Å²) in [5, 5.41) is 21.8. The standard InChI is InChI=1S/C18H27NO4/c1-13(2)8-15(12-20)19-18(23)11-17(22)10-16(21)9-14-6-4-3-5-7-14/h3-7,13,15,17,20,22H,8-12H2,1-2H3,(H,19,23)/t15-,17-/m0/s1. The third-order valence-electron chi connectivity index (χ3n) is 3.47. The zero-order valence-electron chi connectivity index (χ0n) is 13.9. The van der Waals surface area contributed by atoms with Gasteiger partial charge in [0, 0.05) is 12.8 Å². The molecule has 0 aromatic heterocycles. The summed E-state index contributed by atoms with van der Waals surface area (Å²) in [6, 6.07) is 8.99. The van der Waals surface area contributed by atoms with Gasteiger partial charge >= 0.3 is 0 Å². The van der Waals surface area contributed by atoms with Gasteiger partial charge in [0.2, 0.25) is 5.91 Å². The summed E-state index contributed by atoms with van der Waals surface area (Å²) in [6.45, 7) is 3.88. The van der Waals surface area contributed by atoms with Crippen molar-refractivity contribution < 1.29 is 19.8 Å². The molecule has 23 heavy (non-hydrogen) atoms. The van der Waals surface area contributed by atoms with Gasteiger partial charge in [0.25, 0.3) is 0 Å². The predicted octanol–water partition coefficient (Wildman–Crippen LogP) is 1.46. The van der Waals surface area contributed by atoms with E-state index in [1.54, 1.807) is 0 Å². The van der Waals surface area contributed by atoms with Crippen LogP contribution in [0.4, 0.5) is 0 Å². The van der Waals surface area contributed by atoms with Gasteiger partial charge in [0.05, 0.1) is 25.2 Å². The van der Waals surface area contributed by atoms with Crippen molar-refractivity contribution in [1.29, 1.82) is 0 Å². The van der Waals surface area contributed by atoms with E-state index in [1.807, 2.05) is 44.2 Å². The largest absolute Gasteiger partial charge is 0.394 e. The molecular formula is C18H27NO4. The van der Waals surface area contributed by atoms with Crippen LogP contribution in [-0.4, -0.2) is 40.7 Å². The minimum Gasteiger partial charge on any atom is -0.394 e. The maximum absolute atomic E-state index is 11.9. The Morgan fingerprint density at radius 3 is 2.35 bits per heavy atom. The van der Waals surface area contributed by atoms with Crippen LogP contribution < -0.4 is 5.32 Å². The van der Waals surface area contributed by atoms with E-state index in [9.17, 15) is 19.8 Å². The molecule has 0 spiro atoms. The van der Waals surface area contributed by atoms with E-state index in [2.05, 4.69) is 5.32 Å². The van der Waals surface area contributed by atoms with Crippen molar-refractivity contribution in [1.82, 2.24) is 5.32 Å². The van der Waals surface area contributed by atoms with Gasteiger partial charge in [-0.05, 0) is 17.9 Å². The Morgan fingerprint density at radius 1 is 1.13 bits per heavy atom. The number of nitrogens with one attached hydrogen (secondary N) is 1. The second kappa shape index (κ2) is 10.1. The number of aliphatic hydroxyl groups is 2. The van der Waals surface area contributed by atoms with Crippen molar-refractivity contribution in [2.24, 2.45) is 5.92 Å². The molecule has 1 rings (SSSR count). The number of carbonyl (C=O) groups is 2. The first-order chi connectivity index (χ1) is 10.9. The molecular weight excluding hydrogens is 294 g/mol. The van der Waals surface area contributed by atoms with Gasteiger partial charge in [-0.15, -0.1) is 0 Å². The van der Waals surface area contributed by atoms with Crippen molar-refractivity contribution >= 4 is 11.7 Å². The summed E-state index contributed by atoms with van der Waals surface area (Å²) in [7, 11) is 0. The minimum absolute atomic E-state index is 0.0454. The molecule has 1 aromatic carbocycles. The average molecular weight is 321 g/mol. The molecule has 0 aliphatic heterocycles. The Hall–Kier alpha value is -1.72. The molecule has 5 heteroatoms. The molecule has 2 atom stereocenters. The molecule has 128 valence electrons. The van der Waals surface area contributed by atoms with Crippen LogP contribution >= 0.6 is 0 Å². The monoisotopic (exact) mass is 321 g/mol. The molecule has 0 aliphatic rings. The molecule has 5 nitrogen and oxygen atoms in total. The highest BCUT2D eigenvalue weighted by atomic mass is 16.3. The van der Waals surface area contributed by atoms with Crippen molar-refractivity contribution in [2.45, 2.75) is 51.7 Å². The second-order valence-corrected chi connectivity index (χ2v) is 6.34. The van der Waals surface area contributed by atoms with Crippen LogP contribution in [0, 0.1) is 5.92 Å². The summed E-state index contributed by atoms with van der Waals surface area (Å²) in [6.07, 6.45) is -0.243. The first kappa shape index (κ1) is 19.3. The number of hydrogen-bond acceptors (Lipinski definition) is 4. The van der Waals surface area contributed by atoms with E-state index in [1.165, 1.54) is 0 Å². The van der Waals surface area contributed by atoms with E-state index in [0.29, 0.717) is 12.3 Å². The normalized spacial score (nSPS) is 13.6. The SMILES string of the molecule is CC(C)C[C@@H](CO)NC(=O)C[C@@H](O)CC(=O)Cc1ccccc1. The maximum Gasteiger partial charge on any atom is 0.222 e. The lowest BCUT2D eigenvalue weighted by Gasteiger charge is -2.19. The fourth-order valence-electron chi connectivity index (χ4n) is 2.48. The van der Waals surface area contributed by atoms with Gasteiger partial charge in [0.15, 0.2) is 0 Å². The Bertz CT molecular complexity index is 487. The molecule has 0 heterocycles. The number of amides is 1. The molecule has 0 aliphatic carbocycles. The number of hydrogen-bond donors (Lipinski definition) is 3. The summed E-state index contributed by atoms with van der Waals surface area (Å²) < 4.78 is 0. The minimum atomic E-state index is -0.996. The summed E-state index contributed by atoms with van der Waals surface area (Å²) >= 11 is 0. The number of benzene rings is 1. The van der Waals surface area contributed by atoms with Gasteiger partial charge in [0.1, 0.15) is 5.78 Å². The number of carbonyl (C=O) groups excluding carboxylic acids is 2. The third kappa shape index (κ3) is 8.47. The van der Waals surface area contributed by atoms with Crippen molar-refractivity contribution in [3.8, 4) is 0 Å². The Morgan fingerprint density at radius 2 is 1.78 bits per heavy atom. The highest BCUT2D eigenvalue weighted by Gasteiger charge is 2.18. The first-order valence-electron chi connectivity index (χ1n) is 8.04. The van der Waals surface area contributed by atoms with Gasteiger partial charge in [-0.3, -0.25) is 9.59 Å². The molecule has 0 bridgehead atoms. The van der Waals surface area contributed by atoms with E-state index >= 15 is 0 Å². The van der Waals surface area contributed by atoms with Gasteiger partial charge < -0.3 is 15.5 Å². The zero-order valence-corrected chi connectivity index (χ0v) is 13.9. The quantitative estimate of drug-likeness (QED) is 0.609. The van der Waals surface area contributed by atoms with Crippen LogP contribution in [-0.2, 0) is 16.0 Å². The molecule has 3 N–H and O–H groups in total. The number of aliphatic hydroxyl groups excluding tert-OH is 2. The van der Waals surface area contributed by atoms with Crippen LogP contribution in [0.3, 0.4) is 0 Å². The predicted molar refractivity (Wildman–Crippen MR) is 88.9 cm³/mol. The fourth-order valence-corrected chi connectivity index (χ4v) is 2.48. The topological polar surface area (TPSA) is 86.6 Å². The maximum atomic E-state index is 11.9. The molecule has 0 fully saturated rings. The Labute approximate surface area is 137 Å². The molecule has 1 amide bonds. The summed E-state index contributed by atoms with van der Waals surface area (Å²) in [4.78, 5) is 23.7. The zero-order chi connectivity index (χ0) is 17.2. The highest BCUT2D eigenvalue weighted by Crippen LogP contribution is 2.08. The molecule has 0 saturated heterocycles. The van der Waals surface area contributed by atoms with E-state index < -0.39 is 6.10 Å². The van der Waals surface area contributed by atoms with E-state index in [-0.39, 0.29) is 43.6 Å². The van der Waals surface area contributed by atoms with E-state index in [4.69, 9.17) is 0 Å². The van der Waals surface area contributed by atoms with Gasteiger partial charge in [-0.1, -0.05) is 44.2 Å². The molecule has 1 aromatic rings. The summed E-state index contributed by atoms with van der Waals surface area (Å²) in [5.74, 6) is -0.0908. The van der Waals surface area contributed by atoms with Crippen LogP contribution in [0.25, 0.3) is 0 Å². The Kier molecular flexibility index (Phi) is 8.51. The number of Topliss-reactive ketones (excluding diaryl/α,β-unsaturated/α-hetero) is 1. The lowest BCUT2D eigenvalue weighted by atomic mass is 10.0. The molecule has 0 saturated carbocycles. The van der Waals surface area contributed by atoms with Gasteiger partial charge in [-0.25, -0.2) is 0 Å². The smallest absolute Gasteiger partial charge is 0.222 e. The molecule has 0 radical (unpaired) electrons. The van der Waals surface area contributed by atoms with E-state index in [0.717, 1.165) is 5.56 Å². The second-order valence-electron chi connectivity index (χ2n) is 6.34. The average Bonchev–Trinajstić information content (AvgIpc) is 2.46. The van der Waals surface area contributed by atoms with Crippen molar-refractivity contribution in [3.05, 3.63) is 35.9 Å². The highest BCUT2D eigenvalue weighted by molar-refractivity contribution is 5.83. The van der Waals surface area contributed by atoms with Crippen LogP contribution in [0.15, 0.2) is 30.3 Å². The lowest BCUT2D eigenvalue weighted by Crippen LogP contribution is -2.40. The third-order valence-corrected chi connectivity index (χ3v) is 3.47. The lowest BCUT2D eigenvalue weighted by molar-refractivity contribution is -0.125. The van der Waals surface area contributed by atoms with Crippen molar-refractivity contribution in [3.63, 3.8) is 0 Å². The molecule has 0 unspecified atom stereocenters. The Balaban J connectivity index is 2.35. The number of rotatable bonds is 10. The summed E-state index contributed by atoms with van der Waals surface area (Å²) in [5.41, 5.74) is 0.895. The first-order valence-corrected chi connectivity index (χ1v) is 8.04.